The smallest absolute Gasteiger partial charge is 0.0950 e. The lowest BCUT2D eigenvalue weighted by atomic mass is 10.1. The molecule has 0 saturated carbocycles. The van der Waals surface area contributed by atoms with Crippen LogP contribution in [-0.2, 0) is 0 Å². The van der Waals surface area contributed by atoms with Crippen LogP contribution < -0.4 is 0 Å². The maximum absolute atomic E-state index is 9.56. The highest BCUT2D eigenvalue weighted by atomic mass is 16.3. The maximum atomic E-state index is 9.56. The van der Waals surface area contributed by atoms with Crippen LogP contribution in [-0.4, -0.2) is 34.7 Å². The summed E-state index contributed by atoms with van der Waals surface area (Å²) < 4.78 is 0. The zero-order valence-corrected chi connectivity index (χ0v) is 7.04. The van der Waals surface area contributed by atoms with Gasteiger partial charge in [0.15, 0.2) is 0 Å². The third-order valence-corrected chi connectivity index (χ3v) is 2.22. The largest absolute Gasteiger partial charge is 0.389 e. The molecule has 0 aliphatic carbocycles. The van der Waals surface area contributed by atoms with Crippen LogP contribution >= 0.6 is 0 Å². The lowest BCUT2D eigenvalue weighted by molar-refractivity contribution is 0.0666. The van der Waals surface area contributed by atoms with Crippen molar-refractivity contribution in [1.82, 2.24) is 4.90 Å². The molecule has 1 rings (SSSR count). The molecule has 11 heavy (non-hydrogen) atoms. The van der Waals surface area contributed by atoms with E-state index in [9.17, 15) is 5.11 Å². The van der Waals surface area contributed by atoms with Gasteiger partial charge in [0.05, 0.1) is 17.7 Å². The summed E-state index contributed by atoms with van der Waals surface area (Å²) >= 11 is 0. The maximum Gasteiger partial charge on any atom is 0.0950 e. The van der Waals surface area contributed by atoms with E-state index >= 15 is 0 Å². The van der Waals surface area contributed by atoms with E-state index < -0.39 is 5.60 Å². The molecular formula is C8H14N2O. The fourth-order valence-corrected chi connectivity index (χ4v) is 1.39. The Morgan fingerprint density at radius 3 is 2.73 bits per heavy atom. The molecule has 2 unspecified atom stereocenters. The van der Waals surface area contributed by atoms with Crippen molar-refractivity contribution < 1.29 is 5.11 Å². The molecule has 1 aliphatic rings. The summed E-state index contributed by atoms with van der Waals surface area (Å²) in [5.41, 5.74) is -0.578. The van der Waals surface area contributed by atoms with E-state index in [1.165, 1.54) is 0 Å². The van der Waals surface area contributed by atoms with Crippen molar-refractivity contribution in [3.8, 4) is 6.07 Å². The number of hydrogen-bond acceptors (Lipinski definition) is 3. The Labute approximate surface area is 67.2 Å². The Bertz CT molecular complexity index is 183. The van der Waals surface area contributed by atoms with Crippen molar-refractivity contribution in [3.05, 3.63) is 0 Å². The zero-order chi connectivity index (χ0) is 8.48. The highest BCUT2D eigenvalue weighted by molar-refractivity contribution is 4.95. The lowest BCUT2D eigenvalue weighted by Crippen LogP contribution is -2.34. The molecule has 1 aliphatic heterocycles. The topological polar surface area (TPSA) is 47.3 Å². The molecule has 0 spiro atoms. The molecular weight excluding hydrogens is 140 g/mol. The van der Waals surface area contributed by atoms with Crippen molar-refractivity contribution in [3.63, 3.8) is 0 Å². The normalized spacial score (nSPS) is 35.1. The first kappa shape index (κ1) is 8.51. The van der Waals surface area contributed by atoms with Gasteiger partial charge in [0.25, 0.3) is 0 Å². The SMILES string of the molecule is CC(C#N)N1CCC(C)(O)C1. The number of β-amino-alcohol motifs (C(OH)–C–C–N with tert-alkyl or cyclic N) is 1. The van der Waals surface area contributed by atoms with Crippen LogP contribution in [0.25, 0.3) is 0 Å². The number of likely N-dealkylation sites (tertiary alicyclic amines) is 1. The van der Waals surface area contributed by atoms with Gasteiger partial charge in [-0.3, -0.25) is 4.90 Å². The van der Waals surface area contributed by atoms with Crippen molar-refractivity contribution >= 4 is 0 Å². The third kappa shape index (κ3) is 1.92. The van der Waals surface area contributed by atoms with E-state index in [2.05, 4.69) is 6.07 Å². The molecule has 1 fully saturated rings. The Hall–Kier alpha value is -0.590. The molecule has 1 heterocycles. The molecule has 2 atom stereocenters. The van der Waals surface area contributed by atoms with Crippen molar-refractivity contribution in [2.24, 2.45) is 0 Å². The molecule has 0 aromatic carbocycles. The third-order valence-electron chi connectivity index (χ3n) is 2.22. The first-order chi connectivity index (χ1) is 5.05. The number of nitrogens with zero attached hydrogens (tertiary/aromatic N) is 2. The number of aliphatic hydroxyl groups is 1. The van der Waals surface area contributed by atoms with Gasteiger partial charge >= 0.3 is 0 Å². The van der Waals surface area contributed by atoms with Gasteiger partial charge in [-0.1, -0.05) is 0 Å². The van der Waals surface area contributed by atoms with Crippen LogP contribution in [0, 0.1) is 11.3 Å². The molecule has 0 radical (unpaired) electrons. The second-order valence-electron chi connectivity index (χ2n) is 3.52. The molecule has 1 N–H and O–H groups in total. The minimum absolute atomic E-state index is 0.0658. The number of rotatable bonds is 1. The average molecular weight is 154 g/mol. The quantitative estimate of drug-likeness (QED) is 0.593. The summed E-state index contributed by atoms with van der Waals surface area (Å²) in [7, 11) is 0. The Balaban J connectivity index is 2.50. The van der Waals surface area contributed by atoms with Gasteiger partial charge in [0.2, 0.25) is 0 Å². The van der Waals surface area contributed by atoms with E-state index in [0.29, 0.717) is 6.54 Å². The summed E-state index contributed by atoms with van der Waals surface area (Å²) in [6.45, 7) is 5.14. The van der Waals surface area contributed by atoms with Crippen molar-refractivity contribution in [1.29, 1.82) is 5.26 Å². The number of hydrogen-bond donors (Lipinski definition) is 1. The van der Waals surface area contributed by atoms with E-state index in [0.717, 1.165) is 13.0 Å². The van der Waals surface area contributed by atoms with Gasteiger partial charge in [-0.05, 0) is 20.3 Å². The summed E-state index contributed by atoms with van der Waals surface area (Å²) in [5, 5.41) is 18.2. The van der Waals surface area contributed by atoms with E-state index in [1.54, 1.807) is 0 Å². The highest BCUT2D eigenvalue weighted by Gasteiger charge is 2.33. The van der Waals surface area contributed by atoms with E-state index in [-0.39, 0.29) is 6.04 Å². The van der Waals surface area contributed by atoms with E-state index in [1.807, 2.05) is 18.7 Å². The highest BCUT2D eigenvalue weighted by Crippen LogP contribution is 2.21. The fourth-order valence-electron chi connectivity index (χ4n) is 1.39. The van der Waals surface area contributed by atoms with Gasteiger partial charge in [0.1, 0.15) is 0 Å². The summed E-state index contributed by atoms with van der Waals surface area (Å²) in [4.78, 5) is 2.00. The van der Waals surface area contributed by atoms with Crippen LogP contribution in [0.3, 0.4) is 0 Å². The minimum Gasteiger partial charge on any atom is -0.389 e. The molecule has 0 aromatic rings. The number of nitriles is 1. The van der Waals surface area contributed by atoms with Gasteiger partial charge in [-0.2, -0.15) is 5.26 Å². The fraction of sp³-hybridized carbons (Fsp3) is 0.875. The van der Waals surface area contributed by atoms with Crippen LogP contribution in [0.15, 0.2) is 0 Å². The molecule has 3 nitrogen and oxygen atoms in total. The second-order valence-corrected chi connectivity index (χ2v) is 3.52. The summed E-state index contributed by atoms with van der Waals surface area (Å²) in [5.74, 6) is 0. The molecule has 0 amide bonds. The standard InChI is InChI=1S/C8H14N2O/c1-7(5-9)10-4-3-8(2,11)6-10/h7,11H,3-4,6H2,1-2H3. The minimum atomic E-state index is -0.578. The molecule has 1 saturated heterocycles. The first-order valence-electron chi connectivity index (χ1n) is 3.91. The Kier molecular flexibility index (Phi) is 2.17. The van der Waals surface area contributed by atoms with Crippen molar-refractivity contribution in [2.75, 3.05) is 13.1 Å². The predicted molar refractivity (Wildman–Crippen MR) is 41.9 cm³/mol. The van der Waals surface area contributed by atoms with Gasteiger partial charge in [-0.25, -0.2) is 0 Å². The van der Waals surface area contributed by atoms with Gasteiger partial charge in [0, 0.05) is 13.1 Å². The van der Waals surface area contributed by atoms with E-state index in [4.69, 9.17) is 5.26 Å². The second kappa shape index (κ2) is 2.80. The Morgan fingerprint density at radius 1 is 1.73 bits per heavy atom. The summed E-state index contributed by atoms with van der Waals surface area (Å²) in [6.07, 6.45) is 0.777. The van der Waals surface area contributed by atoms with Gasteiger partial charge in [-0.15, -0.1) is 0 Å². The first-order valence-corrected chi connectivity index (χ1v) is 3.91. The van der Waals surface area contributed by atoms with Crippen LogP contribution in [0.2, 0.25) is 0 Å². The molecule has 0 aromatic heterocycles. The zero-order valence-electron chi connectivity index (χ0n) is 7.04. The lowest BCUT2D eigenvalue weighted by Gasteiger charge is -2.20. The molecule has 3 heteroatoms. The molecule has 62 valence electrons. The summed E-state index contributed by atoms with van der Waals surface area (Å²) in [6, 6.07) is 2.09. The van der Waals surface area contributed by atoms with Crippen LogP contribution in [0.1, 0.15) is 20.3 Å². The Morgan fingerprint density at radius 2 is 2.36 bits per heavy atom. The van der Waals surface area contributed by atoms with Gasteiger partial charge < -0.3 is 5.11 Å². The van der Waals surface area contributed by atoms with Crippen LogP contribution in [0.4, 0.5) is 0 Å². The average Bonchev–Trinajstić information content (AvgIpc) is 2.29. The molecule has 0 bridgehead atoms. The van der Waals surface area contributed by atoms with Crippen LogP contribution in [0.5, 0.6) is 0 Å². The van der Waals surface area contributed by atoms with Crippen molar-refractivity contribution in [2.45, 2.75) is 31.9 Å². The monoisotopic (exact) mass is 154 g/mol. The predicted octanol–water partition coefficient (Wildman–Crippen LogP) is 0.355.